The lowest BCUT2D eigenvalue weighted by atomic mass is 9.82. The van der Waals surface area contributed by atoms with Crippen LogP contribution in [0.15, 0.2) is 291 Å². The minimum atomic E-state index is 1.10. The van der Waals surface area contributed by atoms with E-state index in [4.69, 9.17) is 0 Å². The third-order valence-corrected chi connectivity index (χ3v) is 14.2. The number of rotatable bonds is 10. The predicted octanol–water partition coefficient (Wildman–Crippen LogP) is 19.9. The Bertz CT molecular complexity index is 3680. The molecule has 0 aliphatic rings. The largest absolute Gasteiger partial charge is 0.310 e. The molecule has 0 bridgehead atoms. The Morgan fingerprint density at radius 1 is 0.181 bits per heavy atom. The van der Waals surface area contributed by atoms with Gasteiger partial charge in [-0.25, -0.2) is 0 Å². The fraction of sp³-hybridized carbons (Fsp3) is 0. The number of hydrogen-bond donors (Lipinski definition) is 0. The van der Waals surface area contributed by atoms with Crippen molar-refractivity contribution in [3.63, 3.8) is 0 Å². The van der Waals surface area contributed by atoms with Crippen molar-refractivity contribution in [2.75, 3.05) is 9.80 Å². The van der Waals surface area contributed by atoms with Crippen molar-refractivity contribution in [2.24, 2.45) is 0 Å². The maximum absolute atomic E-state index is 2.39. The highest BCUT2D eigenvalue weighted by atomic mass is 15.1. The molecule has 0 aliphatic carbocycles. The first-order valence-electron chi connectivity index (χ1n) is 24.7. The molecule has 2 nitrogen and oxygen atoms in total. The maximum atomic E-state index is 2.39. The summed E-state index contributed by atoms with van der Waals surface area (Å²) < 4.78 is 0. The van der Waals surface area contributed by atoms with Gasteiger partial charge in [-0.2, -0.15) is 0 Å². The van der Waals surface area contributed by atoms with Crippen molar-refractivity contribution in [3.8, 4) is 44.5 Å². The quantitative estimate of drug-likeness (QED) is 0.0996. The van der Waals surface area contributed by atoms with Gasteiger partial charge in [0.05, 0.1) is 0 Å². The normalized spacial score (nSPS) is 11.3. The summed E-state index contributed by atoms with van der Waals surface area (Å²) in [7, 11) is 0. The lowest BCUT2D eigenvalue weighted by molar-refractivity contribution is 1.29. The number of hydrogen-bond acceptors (Lipinski definition) is 2. The smallest absolute Gasteiger partial charge is 0.0468 e. The summed E-state index contributed by atoms with van der Waals surface area (Å²) in [6.07, 6.45) is 0. The average Bonchev–Trinajstić information content (AvgIpc) is 3.46. The number of anilines is 6. The molecule has 338 valence electrons. The maximum Gasteiger partial charge on any atom is 0.0468 e. The lowest BCUT2D eigenvalue weighted by Crippen LogP contribution is -2.09. The third kappa shape index (κ3) is 7.73. The average molecular weight is 917 g/mol. The summed E-state index contributed by atoms with van der Waals surface area (Å²) in [5.41, 5.74) is 16.3. The van der Waals surface area contributed by atoms with Gasteiger partial charge in [-0.15, -0.1) is 0 Å². The van der Waals surface area contributed by atoms with E-state index in [1.54, 1.807) is 0 Å². The van der Waals surface area contributed by atoms with E-state index in [-0.39, 0.29) is 0 Å². The Kier molecular flexibility index (Phi) is 10.9. The second-order valence-corrected chi connectivity index (χ2v) is 18.4. The highest BCUT2D eigenvalue weighted by Gasteiger charge is 2.23. The van der Waals surface area contributed by atoms with Crippen LogP contribution in [-0.2, 0) is 0 Å². The van der Waals surface area contributed by atoms with Crippen molar-refractivity contribution in [1.82, 2.24) is 0 Å². The Balaban J connectivity index is 1.10. The van der Waals surface area contributed by atoms with Crippen LogP contribution in [0.4, 0.5) is 34.1 Å². The van der Waals surface area contributed by atoms with Crippen LogP contribution < -0.4 is 9.80 Å². The summed E-state index contributed by atoms with van der Waals surface area (Å²) in [4.78, 5) is 4.70. The summed E-state index contributed by atoms with van der Waals surface area (Å²) in [5.74, 6) is 0. The number of fused-ring (bicyclic) bond motifs is 6. The number of benzene rings is 13. The van der Waals surface area contributed by atoms with Crippen molar-refractivity contribution < 1.29 is 0 Å². The first kappa shape index (κ1) is 42.6. The second-order valence-electron chi connectivity index (χ2n) is 18.4. The van der Waals surface area contributed by atoms with Gasteiger partial charge < -0.3 is 9.80 Å². The molecule has 2 heteroatoms. The highest BCUT2D eigenvalue weighted by molar-refractivity contribution is 6.32. The second kappa shape index (κ2) is 18.4. The Labute approximate surface area is 420 Å². The molecule has 0 unspecified atom stereocenters. The zero-order valence-electron chi connectivity index (χ0n) is 39.6. The van der Waals surface area contributed by atoms with Gasteiger partial charge in [-0.05, 0) is 160 Å². The molecule has 0 aliphatic heterocycles. The van der Waals surface area contributed by atoms with Gasteiger partial charge in [0.1, 0.15) is 0 Å². The molecule has 13 aromatic carbocycles. The van der Waals surface area contributed by atoms with Crippen LogP contribution in [0.2, 0.25) is 0 Å². The van der Waals surface area contributed by atoms with E-state index in [2.05, 4.69) is 301 Å². The molecule has 0 radical (unpaired) electrons. The fourth-order valence-electron chi connectivity index (χ4n) is 10.9. The van der Waals surface area contributed by atoms with Crippen LogP contribution >= 0.6 is 0 Å². The Hall–Kier alpha value is -9.50. The molecule has 0 N–H and O–H groups in total. The Morgan fingerprint density at radius 2 is 0.444 bits per heavy atom. The molecule has 0 heterocycles. The predicted molar refractivity (Wildman–Crippen MR) is 308 cm³/mol. The van der Waals surface area contributed by atoms with E-state index >= 15 is 0 Å². The zero-order valence-corrected chi connectivity index (χ0v) is 39.6. The highest BCUT2D eigenvalue weighted by Crippen LogP contribution is 2.50. The van der Waals surface area contributed by atoms with Crippen LogP contribution in [-0.4, -0.2) is 0 Å². The van der Waals surface area contributed by atoms with Gasteiger partial charge in [0.2, 0.25) is 0 Å². The third-order valence-electron chi connectivity index (χ3n) is 14.2. The van der Waals surface area contributed by atoms with Crippen LogP contribution in [0.5, 0.6) is 0 Å². The van der Waals surface area contributed by atoms with E-state index in [1.165, 1.54) is 87.6 Å². The van der Waals surface area contributed by atoms with E-state index < -0.39 is 0 Å². The zero-order chi connectivity index (χ0) is 47.8. The Morgan fingerprint density at radius 3 is 0.764 bits per heavy atom. The summed E-state index contributed by atoms with van der Waals surface area (Å²) in [5, 5.41) is 9.68. The standard InChI is InChI=1S/C70H48N2/c1-7-19-49(20-8-1)51-31-35-53(36-32-51)67-65-43-39-56-48-62(72(59-27-15-5-16-28-59)60-29-17-6-18-30-60)42-46-64(56)70(65)68(54-37-33-52(34-38-54)50-21-9-2-10-22-50)66-44-40-55-47-61(41-45-63(55)69(66)67)71(57-23-11-3-12-24-57)58-25-13-4-14-26-58/h1-48H. The van der Waals surface area contributed by atoms with Crippen LogP contribution in [0.1, 0.15) is 0 Å². The van der Waals surface area contributed by atoms with E-state index in [1.807, 2.05) is 0 Å². The van der Waals surface area contributed by atoms with Gasteiger partial charge in [0, 0.05) is 34.1 Å². The monoisotopic (exact) mass is 916 g/mol. The summed E-state index contributed by atoms with van der Waals surface area (Å²) in [6, 6.07) is 106. The SMILES string of the molecule is c1ccc(-c2ccc(-c3c4ccc5cc(N(c6ccccc6)c6ccccc6)ccc5c4c(-c4ccc(-c5ccccc5)cc4)c4ccc5cc(N(c6ccccc6)c6ccccc6)ccc5c34)cc2)cc1. The minimum Gasteiger partial charge on any atom is -0.310 e. The topological polar surface area (TPSA) is 6.48 Å². The first-order valence-corrected chi connectivity index (χ1v) is 24.7. The van der Waals surface area contributed by atoms with Gasteiger partial charge in [-0.3, -0.25) is 0 Å². The fourth-order valence-corrected chi connectivity index (χ4v) is 10.9. The summed E-state index contributed by atoms with van der Waals surface area (Å²) >= 11 is 0. The molecule has 0 saturated carbocycles. The van der Waals surface area contributed by atoms with Crippen molar-refractivity contribution in [3.05, 3.63) is 291 Å². The van der Waals surface area contributed by atoms with Crippen molar-refractivity contribution >= 4 is 77.2 Å². The van der Waals surface area contributed by atoms with Gasteiger partial charge in [-0.1, -0.05) is 218 Å². The van der Waals surface area contributed by atoms with Crippen LogP contribution in [0, 0.1) is 0 Å². The molecule has 0 saturated heterocycles. The van der Waals surface area contributed by atoms with Crippen molar-refractivity contribution in [2.45, 2.75) is 0 Å². The molecule has 72 heavy (non-hydrogen) atoms. The van der Waals surface area contributed by atoms with Gasteiger partial charge in [0.25, 0.3) is 0 Å². The molecule has 0 aromatic heterocycles. The van der Waals surface area contributed by atoms with E-state index in [0.717, 1.165) is 34.1 Å². The molecular formula is C70H48N2. The van der Waals surface area contributed by atoms with Crippen molar-refractivity contribution in [1.29, 1.82) is 0 Å². The van der Waals surface area contributed by atoms with Gasteiger partial charge >= 0.3 is 0 Å². The molecule has 13 rings (SSSR count). The first-order chi connectivity index (χ1) is 35.7. The van der Waals surface area contributed by atoms with E-state index in [0.29, 0.717) is 0 Å². The van der Waals surface area contributed by atoms with Gasteiger partial charge in [0.15, 0.2) is 0 Å². The molecule has 0 amide bonds. The van der Waals surface area contributed by atoms with Crippen LogP contribution in [0.25, 0.3) is 87.6 Å². The molecule has 0 spiro atoms. The molecule has 0 fully saturated rings. The number of nitrogens with zero attached hydrogens (tertiary/aromatic N) is 2. The lowest BCUT2D eigenvalue weighted by Gasteiger charge is -2.27. The number of para-hydroxylation sites is 4. The van der Waals surface area contributed by atoms with Crippen LogP contribution in [0.3, 0.4) is 0 Å². The molecule has 0 atom stereocenters. The molecule has 13 aromatic rings. The summed E-state index contributed by atoms with van der Waals surface area (Å²) in [6.45, 7) is 0. The minimum absolute atomic E-state index is 1.10. The molecular weight excluding hydrogens is 869 g/mol. The van der Waals surface area contributed by atoms with E-state index in [9.17, 15) is 0 Å².